The van der Waals surface area contributed by atoms with Crippen LogP contribution in [0, 0.1) is 0 Å². The SMILES string of the molecule is COc1cc(/C=N\NC(=O)CNC(=O)c2cccc3ccccc23)ccc1OC(=O)c1ccc(Cl)cc1. The predicted octanol–water partition coefficient (Wildman–Crippen LogP) is 4.60. The van der Waals surface area contributed by atoms with E-state index in [1.54, 1.807) is 54.6 Å². The van der Waals surface area contributed by atoms with E-state index >= 15 is 0 Å². The van der Waals surface area contributed by atoms with Gasteiger partial charge in [0.2, 0.25) is 0 Å². The minimum atomic E-state index is -0.561. The van der Waals surface area contributed by atoms with Crippen LogP contribution in [0.1, 0.15) is 26.3 Å². The number of esters is 1. The number of hydrazone groups is 1. The van der Waals surface area contributed by atoms with Crippen LogP contribution in [0.2, 0.25) is 5.02 Å². The van der Waals surface area contributed by atoms with Crippen LogP contribution in [0.15, 0.2) is 90.0 Å². The molecule has 0 aliphatic carbocycles. The molecule has 0 aliphatic heterocycles. The van der Waals surface area contributed by atoms with Crippen molar-refractivity contribution in [3.63, 3.8) is 0 Å². The lowest BCUT2D eigenvalue weighted by atomic mass is 10.0. The smallest absolute Gasteiger partial charge is 0.343 e. The maximum absolute atomic E-state index is 12.6. The van der Waals surface area contributed by atoms with Gasteiger partial charge in [0.05, 0.1) is 25.4 Å². The zero-order valence-electron chi connectivity index (χ0n) is 19.7. The van der Waals surface area contributed by atoms with Crippen molar-refractivity contribution < 1.29 is 23.9 Å². The van der Waals surface area contributed by atoms with Crippen molar-refractivity contribution in [1.82, 2.24) is 10.7 Å². The highest BCUT2D eigenvalue weighted by Crippen LogP contribution is 2.28. The van der Waals surface area contributed by atoms with E-state index in [4.69, 9.17) is 21.1 Å². The first-order valence-corrected chi connectivity index (χ1v) is 11.6. The molecule has 0 saturated carbocycles. The molecule has 0 aliphatic rings. The fourth-order valence-corrected chi connectivity index (χ4v) is 3.62. The number of methoxy groups -OCH3 is 1. The first kappa shape index (κ1) is 25.4. The van der Waals surface area contributed by atoms with E-state index in [1.165, 1.54) is 13.3 Å². The molecule has 0 radical (unpaired) electrons. The van der Waals surface area contributed by atoms with Crippen molar-refractivity contribution in [3.05, 3.63) is 107 Å². The number of hydrogen-bond acceptors (Lipinski definition) is 6. The van der Waals surface area contributed by atoms with E-state index in [9.17, 15) is 14.4 Å². The molecule has 37 heavy (non-hydrogen) atoms. The molecule has 0 saturated heterocycles. The maximum atomic E-state index is 12.6. The van der Waals surface area contributed by atoms with Crippen LogP contribution in [0.4, 0.5) is 0 Å². The molecule has 2 amide bonds. The summed E-state index contributed by atoms with van der Waals surface area (Å²) in [7, 11) is 1.44. The minimum Gasteiger partial charge on any atom is -0.493 e. The highest BCUT2D eigenvalue weighted by Gasteiger charge is 2.13. The molecule has 2 N–H and O–H groups in total. The molecule has 186 valence electrons. The molecule has 0 aromatic heterocycles. The normalized spacial score (nSPS) is 10.8. The third kappa shape index (κ3) is 6.50. The van der Waals surface area contributed by atoms with Crippen molar-refractivity contribution in [2.75, 3.05) is 13.7 Å². The lowest BCUT2D eigenvalue weighted by Gasteiger charge is -2.10. The lowest BCUT2D eigenvalue weighted by Crippen LogP contribution is -2.35. The summed E-state index contributed by atoms with van der Waals surface area (Å²) < 4.78 is 10.7. The zero-order chi connectivity index (χ0) is 26.2. The number of amides is 2. The number of nitrogens with one attached hydrogen (secondary N) is 2. The van der Waals surface area contributed by atoms with Gasteiger partial charge in [-0.15, -0.1) is 0 Å². The van der Waals surface area contributed by atoms with Gasteiger partial charge in [-0.05, 0) is 64.9 Å². The Labute approximate surface area is 217 Å². The largest absolute Gasteiger partial charge is 0.493 e. The second-order valence-electron chi connectivity index (χ2n) is 7.81. The number of hydrogen-bond donors (Lipinski definition) is 2. The van der Waals surface area contributed by atoms with E-state index < -0.39 is 11.9 Å². The van der Waals surface area contributed by atoms with Crippen LogP contribution in [-0.2, 0) is 4.79 Å². The monoisotopic (exact) mass is 515 g/mol. The van der Waals surface area contributed by atoms with Crippen LogP contribution < -0.4 is 20.2 Å². The number of nitrogens with zero attached hydrogens (tertiary/aromatic N) is 1. The third-order valence-corrected chi connectivity index (χ3v) is 5.57. The summed E-state index contributed by atoms with van der Waals surface area (Å²) in [6, 6.07) is 24.0. The Hall–Kier alpha value is -4.69. The van der Waals surface area contributed by atoms with E-state index in [1.807, 2.05) is 30.3 Å². The van der Waals surface area contributed by atoms with Crippen molar-refractivity contribution in [1.29, 1.82) is 0 Å². The standard InChI is InChI=1S/C28H22ClN3O5/c1-36-25-15-18(9-14-24(25)37-28(35)20-10-12-21(29)13-11-20)16-31-32-26(33)17-30-27(34)23-8-4-6-19-5-2-3-7-22(19)23/h2-16H,17H2,1H3,(H,30,34)(H,32,33)/b31-16-. The molecule has 4 rings (SSSR count). The van der Waals surface area contributed by atoms with Crippen LogP contribution >= 0.6 is 11.6 Å². The van der Waals surface area contributed by atoms with Gasteiger partial charge in [-0.2, -0.15) is 5.10 Å². The molecule has 0 atom stereocenters. The van der Waals surface area contributed by atoms with Gasteiger partial charge in [0, 0.05) is 10.6 Å². The molecule has 0 bridgehead atoms. The highest BCUT2D eigenvalue weighted by atomic mass is 35.5. The average Bonchev–Trinajstić information content (AvgIpc) is 2.92. The second kappa shape index (κ2) is 11.8. The molecule has 8 nitrogen and oxygen atoms in total. The first-order valence-electron chi connectivity index (χ1n) is 11.2. The molecule has 0 heterocycles. The van der Waals surface area contributed by atoms with Gasteiger partial charge in [-0.25, -0.2) is 10.2 Å². The van der Waals surface area contributed by atoms with Gasteiger partial charge < -0.3 is 14.8 Å². The lowest BCUT2D eigenvalue weighted by molar-refractivity contribution is -0.120. The average molecular weight is 516 g/mol. The van der Waals surface area contributed by atoms with Crippen LogP contribution in [0.3, 0.4) is 0 Å². The highest BCUT2D eigenvalue weighted by molar-refractivity contribution is 6.30. The van der Waals surface area contributed by atoms with Crippen molar-refractivity contribution in [3.8, 4) is 11.5 Å². The molecular formula is C28H22ClN3O5. The zero-order valence-corrected chi connectivity index (χ0v) is 20.5. The Morgan fingerprint density at radius 3 is 2.46 bits per heavy atom. The first-order chi connectivity index (χ1) is 17.9. The number of fused-ring (bicyclic) bond motifs is 1. The molecule has 0 spiro atoms. The summed E-state index contributed by atoms with van der Waals surface area (Å²) in [5.41, 5.74) is 3.78. The minimum absolute atomic E-state index is 0.222. The Morgan fingerprint density at radius 1 is 0.919 bits per heavy atom. The second-order valence-corrected chi connectivity index (χ2v) is 8.25. The summed E-state index contributed by atoms with van der Waals surface area (Å²) in [4.78, 5) is 37.1. The summed E-state index contributed by atoms with van der Waals surface area (Å²) in [6.45, 7) is -0.248. The number of carbonyl (C=O) groups is 3. The fourth-order valence-electron chi connectivity index (χ4n) is 3.49. The molecule has 0 unspecified atom stereocenters. The number of ether oxygens (including phenoxy) is 2. The molecular weight excluding hydrogens is 494 g/mol. The van der Waals surface area contributed by atoms with E-state index in [2.05, 4.69) is 15.8 Å². The summed E-state index contributed by atoms with van der Waals surface area (Å²) in [6.07, 6.45) is 1.40. The van der Waals surface area contributed by atoms with Crippen LogP contribution in [0.25, 0.3) is 10.8 Å². The maximum Gasteiger partial charge on any atom is 0.343 e. The molecule has 9 heteroatoms. The van der Waals surface area contributed by atoms with Crippen LogP contribution in [0.5, 0.6) is 11.5 Å². The Morgan fingerprint density at radius 2 is 1.68 bits per heavy atom. The number of halogens is 1. The number of rotatable bonds is 8. The fraction of sp³-hybridized carbons (Fsp3) is 0.0714. The van der Waals surface area contributed by atoms with Gasteiger partial charge in [0.1, 0.15) is 0 Å². The summed E-state index contributed by atoms with van der Waals surface area (Å²) >= 11 is 5.85. The number of carbonyl (C=O) groups excluding carboxylic acids is 3. The van der Waals surface area contributed by atoms with E-state index in [0.29, 0.717) is 27.5 Å². The molecule has 4 aromatic carbocycles. The third-order valence-electron chi connectivity index (χ3n) is 5.32. The topological polar surface area (TPSA) is 106 Å². The summed E-state index contributed by atoms with van der Waals surface area (Å²) in [5, 5.41) is 8.76. The van der Waals surface area contributed by atoms with Gasteiger partial charge in [0.25, 0.3) is 11.8 Å². The van der Waals surface area contributed by atoms with Crippen LogP contribution in [-0.4, -0.2) is 37.7 Å². The van der Waals surface area contributed by atoms with Gasteiger partial charge in [-0.1, -0.05) is 48.0 Å². The van der Waals surface area contributed by atoms with Crippen molar-refractivity contribution >= 4 is 46.4 Å². The van der Waals surface area contributed by atoms with Gasteiger partial charge in [0.15, 0.2) is 11.5 Å². The van der Waals surface area contributed by atoms with E-state index in [0.717, 1.165) is 10.8 Å². The predicted molar refractivity (Wildman–Crippen MR) is 141 cm³/mol. The van der Waals surface area contributed by atoms with Gasteiger partial charge in [-0.3, -0.25) is 9.59 Å². The Bertz CT molecular complexity index is 1480. The number of benzene rings is 4. The van der Waals surface area contributed by atoms with Gasteiger partial charge >= 0.3 is 5.97 Å². The molecule has 4 aromatic rings. The van der Waals surface area contributed by atoms with E-state index in [-0.39, 0.29) is 18.2 Å². The van der Waals surface area contributed by atoms with Crippen molar-refractivity contribution in [2.24, 2.45) is 5.10 Å². The Kier molecular flexibility index (Phi) is 8.12. The molecule has 0 fully saturated rings. The Balaban J connectivity index is 1.32. The quantitative estimate of drug-likeness (QED) is 0.154. The van der Waals surface area contributed by atoms with Crippen molar-refractivity contribution in [2.45, 2.75) is 0 Å². The summed E-state index contributed by atoms with van der Waals surface area (Å²) in [5.74, 6) is -0.886.